The lowest BCUT2D eigenvalue weighted by Gasteiger charge is -1.93. The first-order chi connectivity index (χ1) is 5.18. The second kappa shape index (κ2) is 3.24. The van der Waals surface area contributed by atoms with Crippen molar-refractivity contribution in [3.05, 3.63) is 27.0 Å². The summed E-state index contributed by atoms with van der Waals surface area (Å²) in [5.74, 6) is -0.0294. The summed E-state index contributed by atoms with van der Waals surface area (Å²) in [5, 5.41) is 9.14. The number of aromatic nitrogens is 2. The van der Waals surface area contributed by atoms with E-state index in [0.29, 0.717) is 4.47 Å². The van der Waals surface area contributed by atoms with Crippen LogP contribution in [0.15, 0.2) is 16.9 Å². The fourth-order valence-corrected chi connectivity index (χ4v) is 0.656. The lowest BCUT2D eigenvalue weighted by atomic mass is 10.7. The van der Waals surface area contributed by atoms with E-state index in [2.05, 4.69) is 25.9 Å². The van der Waals surface area contributed by atoms with Crippen LogP contribution in [0.2, 0.25) is 0 Å². The maximum atomic E-state index is 9.86. The van der Waals surface area contributed by atoms with Gasteiger partial charge in [0.25, 0.3) is 5.95 Å². The Kier molecular flexibility index (Phi) is 2.32. The number of halogens is 1. The largest absolute Gasteiger partial charge is 0.284 e. The van der Waals surface area contributed by atoms with Gasteiger partial charge in [0.15, 0.2) is 5.03 Å². The summed E-state index contributed by atoms with van der Waals surface area (Å²) >= 11 is 3.09. The van der Waals surface area contributed by atoms with Crippen LogP contribution in [0.3, 0.4) is 0 Å². The van der Waals surface area contributed by atoms with Crippen molar-refractivity contribution in [2.45, 2.75) is 0 Å². The van der Waals surface area contributed by atoms with Gasteiger partial charge in [-0.15, -0.1) is 0 Å². The minimum absolute atomic E-state index is 0.0294. The van der Waals surface area contributed by atoms with Crippen LogP contribution in [0, 0.1) is 10.1 Å². The molecular weight excluding hydrogens is 216 g/mol. The van der Waals surface area contributed by atoms with Crippen LogP contribution in [0.1, 0.15) is 0 Å². The van der Waals surface area contributed by atoms with E-state index in [0.717, 1.165) is 0 Å². The molecule has 0 aliphatic heterocycles. The Morgan fingerprint density at radius 1 is 1.55 bits per heavy atom. The van der Waals surface area contributed by atoms with Gasteiger partial charge in [0.1, 0.15) is 0 Å². The molecule has 0 aliphatic carbocycles. The number of rotatable bonds is 2. The van der Waals surface area contributed by atoms with Crippen LogP contribution < -0.4 is 5.43 Å². The molecular formula is C4H3BrN4O2. The Balaban J connectivity index is 2.74. The van der Waals surface area contributed by atoms with Gasteiger partial charge >= 0.3 is 0 Å². The molecule has 0 atom stereocenters. The minimum Gasteiger partial charge on any atom is -0.234 e. The Bertz CT molecular complexity index is 261. The molecule has 0 fully saturated rings. The predicted molar refractivity (Wildman–Crippen MR) is 40.3 cm³/mol. The zero-order valence-electron chi connectivity index (χ0n) is 5.19. The number of hydrazine groups is 1. The highest BCUT2D eigenvalue weighted by Crippen LogP contribution is 2.06. The smallest absolute Gasteiger partial charge is 0.234 e. The monoisotopic (exact) mass is 218 g/mol. The summed E-state index contributed by atoms with van der Waals surface area (Å²) < 4.78 is 0.673. The van der Waals surface area contributed by atoms with Crippen LogP contribution in [-0.2, 0) is 0 Å². The van der Waals surface area contributed by atoms with E-state index in [1.165, 1.54) is 12.4 Å². The van der Waals surface area contributed by atoms with Gasteiger partial charge in [-0.25, -0.2) is 20.1 Å². The van der Waals surface area contributed by atoms with Gasteiger partial charge in [0, 0.05) is 12.4 Å². The van der Waals surface area contributed by atoms with Crippen molar-refractivity contribution in [1.29, 1.82) is 0 Å². The lowest BCUT2D eigenvalue weighted by molar-refractivity contribution is -0.446. The standard InChI is InChI=1S/C4H3BrN4O2/c5-3-1-6-4(7-2-3)8-9(10)11/h1-2H,(H,6,7,8). The van der Waals surface area contributed by atoms with Crippen LogP contribution in [-0.4, -0.2) is 15.0 Å². The Morgan fingerprint density at radius 3 is 2.55 bits per heavy atom. The first-order valence-electron chi connectivity index (χ1n) is 2.57. The number of hydrogen-bond donors (Lipinski definition) is 1. The zero-order valence-corrected chi connectivity index (χ0v) is 6.78. The lowest BCUT2D eigenvalue weighted by Crippen LogP contribution is -2.10. The number of nitrogens with zero attached hydrogens (tertiary/aromatic N) is 3. The zero-order chi connectivity index (χ0) is 8.27. The normalized spacial score (nSPS) is 9.18. The third-order valence-electron chi connectivity index (χ3n) is 0.812. The van der Waals surface area contributed by atoms with E-state index in [-0.39, 0.29) is 5.95 Å². The van der Waals surface area contributed by atoms with Gasteiger partial charge in [0.2, 0.25) is 0 Å². The maximum absolute atomic E-state index is 9.86. The van der Waals surface area contributed by atoms with Crippen LogP contribution in [0.25, 0.3) is 0 Å². The first-order valence-corrected chi connectivity index (χ1v) is 3.36. The topological polar surface area (TPSA) is 81.0 Å². The molecule has 0 saturated carbocycles. The molecule has 1 aromatic rings. The molecule has 0 aliphatic rings. The van der Waals surface area contributed by atoms with Crippen molar-refractivity contribution >= 4 is 21.9 Å². The highest BCUT2D eigenvalue weighted by molar-refractivity contribution is 9.10. The van der Waals surface area contributed by atoms with Gasteiger partial charge in [-0.2, -0.15) is 0 Å². The molecule has 7 heteroatoms. The van der Waals surface area contributed by atoms with E-state index >= 15 is 0 Å². The third kappa shape index (κ3) is 2.46. The molecule has 0 aromatic carbocycles. The predicted octanol–water partition coefficient (Wildman–Crippen LogP) is 0.843. The second-order valence-corrected chi connectivity index (χ2v) is 2.51. The average Bonchev–Trinajstić information content (AvgIpc) is 1.93. The first kappa shape index (κ1) is 7.86. The summed E-state index contributed by atoms with van der Waals surface area (Å²) in [6, 6.07) is 0. The molecule has 0 unspecified atom stereocenters. The van der Waals surface area contributed by atoms with Crippen molar-refractivity contribution in [3.63, 3.8) is 0 Å². The van der Waals surface area contributed by atoms with E-state index < -0.39 is 5.03 Å². The van der Waals surface area contributed by atoms with Gasteiger partial charge in [-0.3, -0.25) is 0 Å². The van der Waals surface area contributed by atoms with E-state index in [1.807, 2.05) is 5.43 Å². The van der Waals surface area contributed by atoms with Gasteiger partial charge in [-0.1, -0.05) is 5.43 Å². The molecule has 0 bridgehead atoms. The van der Waals surface area contributed by atoms with Crippen molar-refractivity contribution in [2.75, 3.05) is 5.43 Å². The molecule has 1 N–H and O–H groups in total. The SMILES string of the molecule is O=[N+]([O-])Nc1ncc(Br)cn1. The summed E-state index contributed by atoms with van der Waals surface area (Å²) in [6.45, 7) is 0. The molecule has 0 spiro atoms. The molecule has 0 saturated heterocycles. The van der Waals surface area contributed by atoms with Crippen molar-refractivity contribution in [2.24, 2.45) is 0 Å². The van der Waals surface area contributed by atoms with E-state index in [9.17, 15) is 10.1 Å². The molecule has 11 heavy (non-hydrogen) atoms. The Hall–Kier alpha value is -1.24. The Labute approximate surface area is 69.9 Å². The van der Waals surface area contributed by atoms with Crippen LogP contribution >= 0.6 is 15.9 Å². The molecule has 58 valence electrons. The van der Waals surface area contributed by atoms with Gasteiger partial charge in [0.05, 0.1) is 4.47 Å². The van der Waals surface area contributed by atoms with E-state index in [4.69, 9.17) is 0 Å². The third-order valence-corrected chi connectivity index (χ3v) is 1.22. The Morgan fingerprint density at radius 2 is 2.09 bits per heavy atom. The summed E-state index contributed by atoms with van der Waals surface area (Å²) in [4.78, 5) is 17.1. The number of nitrogens with one attached hydrogen (secondary N) is 1. The highest BCUT2D eigenvalue weighted by Gasteiger charge is 1.99. The fraction of sp³-hybridized carbons (Fsp3) is 0. The summed E-state index contributed by atoms with van der Waals surface area (Å²) in [7, 11) is 0. The average molecular weight is 219 g/mol. The number of nitro groups is 1. The van der Waals surface area contributed by atoms with Gasteiger partial charge in [-0.05, 0) is 15.9 Å². The quantitative estimate of drug-likeness (QED) is 0.588. The van der Waals surface area contributed by atoms with Crippen LogP contribution in [0.5, 0.6) is 0 Å². The molecule has 1 rings (SSSR count). The fourth-order valence-electron chi connectivity index (χ4n) is 0.452. The molecule has 0 amide bonds. The van der Waals surface area contributed by atoms with E-state index in [1.54, 1.807) is 0 Å². The maximum Gasteiger partial charge on any atom is 0.284 e. The van der Waals surface area contributed by atoms with Crippen LogP contribution in [0.4, 0.5) is 5.95 Å². The molecule has 6 nitrogen and oxygen atoms in total. The number of hydrogen-bond acceptors (Lipinski definition) is 4. The summed E-state index contributed by atoms with van der Waals surface area (Å²) in [5.41, 5.74) is 1.81. The van der Waals surface area contributed by atoms with Gasteiger partial charge < -0.3 is 0 Å². The molecule has 1 heterocycles. The second-order valence-electron chi connectivity index (χ2n) is 1.59. The minimum atomic E-state index is -0.719. The summed E-state index contributed by atoms with van der Waals surface area (Å²) in [6.07, 6.45) is 2.83. The van der Waals surface area contributed by atoms with Crippen molar-refractivity contribution in [3.8, 4) is 0 Å². The number of anilines is 1. The molecule has 0 radical (unpaired) electrons. The van der Waals surface area contributed by atoms with Crippen molar-refractivity contribution in [1.82, 2.24) is 9.97 Å². The highest BCUT2D eigenvalue weighted by atomic mass is 79.9. The molecule has 1 aromatic heterocycles. The van der Waals surface area contributed by atoms with Crippen molar-refractivity contribution < 1.29 is 5.03 Å².